The predicted octanol–water partition coefficient (Wildman–Crippen LogP) is 5.56. The van der Waals surface area contributed by atoms with Gasteiger partial charge in [0, 0.05) is 42.8 Å². The Labute approximate surface area is 239 Å². The van der Waals surface area contributed by atoms with Gasteiger partial charge in [0.2, 0.25) is 0 Å². The van der Waals surface area contributed by atoms with Gasteiger partial charge in [-0.3, -0.25) is 14.3 Å². The van der Waals surface area contributed by atoms with Crippen molar-refractivity contribution in [1.29, 1.82) is 0 Å². The highest BCUT2D eigenvalue weighted by atomic mass is 16.5. The molecule has 1 radical (unpaired) electrons. The molecule has 8 heteroatoms. The fraction of sp³-hybridized carbons (Fsp3) is 0.242. The van der Waals surface area contributed by atoms with Crippen molar-refractivity contribution in [2.24, 2.45) is 0 Å². The van der Waals surface area contributed by atoms with Crippen LogP contribution in [-0.4, -0.2) is 64.2 Å². The van der Waals surface area contributed by atoms with E-state index in [1.54, 1.807) is 11.1 Å². The maximum Gasteiger partial charge on any atom is 0.274 e. The molecule has 3 aromatic carbocycles. The van der Waals surface area contributed by atoms with Gasteiger partial charge in [-0.1, -0.05) is 54.1 Å². The number of anilines is 1. The number of benzene rings is 3. The zero-order chi connectivity index (χ0) is 28.3. The number of aromatic nitrogens is 3. The number of carbonyl (C=O) groups is 1. The van der Waals surface area contributed by atoms with Gasteiger partial charge >= 0.3 is 0 Å². The van der Waals surface area contributed by atoms with Gasteiger partial charge in [0.05, 0.1) is 35.7 Å². The zero-order valence-electron chi connectivity index (χ0n) is 23.2. The van der Waals surface area contributed by atoms with E-state index >= 15 is 0 Å². The van der Waals surface area contributed by atoms with Crippen molar-refractivity contribution < 1.29 is 14.6 Å². The lowest BCUT2D eigenvalue weighted by Gasteiger charge is -2.41. The Kier molecular flexibility index (Phi) is 7.39. The summed E-state index contributed by atoms with van der Waals surface area (Å²) in [6.07, 6.45) is 3.61. The minimum atomic E-state index is -0.489. The molecule has 8 nitrogen and oxygen atoms in total. The third-order valence-corrected chi connectivity index (χ3v) is 7.52. The molecule has 0 spiro atoms. The standard InChI is InChI=1S/C33H32N5O3/c1-3-41-29-9-6-8-26(18-29)38-21-31(35-32(38)24-13-11-23(2)12-14-24)33(40)37-16-15-36(20-28(37)22-39)27-17-25-7-4-5-10-30(25)34-19-27/h4-14,17-19,21,28H,3,15-16,20,22H2,1-2H3/t28-/m0/s1. The van der Waals surface area contributed by atoms with Crippen molar-refractivity contribution in [3.63, 3.8) is 0 Å². The van der Waals surface area contributed by atoms with E-state index in [0.717, 1.165) is 39.2 Å². The number of hydrogen-bond acceptors (Lipinski definition) is 5. The summed E-state index contributed by atoms with van der Waals surface area (Å²) in [7, 11) is 0. The molecule has 1 fully saturated rings. The first-order chi connectivity index (χ1) is 20.0. The summed E-state index contributed by atoms with van der Waals surface area (Å²) in [5.41, 5.74) is 5.06. The third kappa shape index (κ3) is 5.38. The minimum absolute atomic E-state index is 0.241. The van der Waals surface area contributed by atoms with Gasteiger partial charge in [0.25, 0.3) is 5.91 Å². The lowest BCUT2D eigenvalue weighted by atomic mass is 10.1. The Morgan fingerprint density at radius 3 is 2.61 bits per heavy atom. The van der Waals surface area contributed by atoms with Gasteiger partial charge in [-0.2, -0.15) is 0 Å². The minimum Gasteiger partial charge on any atom is -0.494 e. The average molecular weight is 547 g/mol. The van der Waals surface area contributed by atoms with Crippen molar-refractivity contribution in [2.75, 3.05) is 37.7 Å². The van der Waals surface area contributed by atoms with Gasteiger partial charge in [-0.05, 0) is 38.1 Å². The number of nitrogens with zero attached hydrogens (tertiary/aromatic N) is 5. The van der Waals surface area contributed by atoms with E-state index in [0.29, 0.717) is 37.8 Å². The van der Waals surface area contributed by atoms with E-state index in [4.69, 9.17) is 9.72 Å². The summed E-state index contributed by atoms with van der Waals surface area (Å²) in [6, 6.07) is 25.4. The highest BCUT2D eigenvalue weighted by molar-refractivity contribution is 5.93. The second kappa shape index (κ2) is 11.4. The van der Waals surface area contributed by atoms with Crippen LogP contribution in [-0.2, 0) is 5.11 Å². The van der Waals surface area contributed by atoms with E-state index in [1.807, 2.05) is 97.4 Å². The molecule has 0 unspecified atom stereocenters. The average Bonchev–Trinajstić information content (AvgIpc) is 3.46. The predicted molar refractivity (Wildman–Crippen MR) is 159 cm³/mol. The zero-order valence-corrected chi connectivity index (χ0v) is 23.2. The molecule has 0 N–H and O–H groups in total. The van der Waals surface area contributed by atoms with E-state index in [9.17, 15) is 9.90 Å². The van der Waals surface area contributed by atoms with Crippen molar-refractivity contribution in [1.82, 2.24) is 19.4 Å². The van der Waals surface area contributed by atoms with Crippen LogP contribution >= 0.6 is 0 Å². The number of ether oxygens (including phenoxy) is 1. The first-order valence-electron chi connectivity index (χ1n) is 13.9. The van der Waals surface area contributed by atoms with Crippen molar-refractivity contribution in [3.8, 4) is 22.8 Å². The number of carbonyl (C=O) groups excluding carboxylic acids is 1. The highest BCUT2D eigenvalue weighted by Crippen LogP contribution is 2.28. The van der Waals surface area contributed by atoms with Crippen LogP contribution < -0.4 is 9.64 Å². The van der Waals surface area contributed by atoms with Crippen LogP contribution in [0, 0.1) is 6.92 Å². The Morgan fingerprint density at radius 2 is 1.80 bits per heavy atom. The van der Waals surface area contributed by atoms with Gasteiger partial charge in [-0.15, -0.1) is 0 Å². The number of amides is 1. The van der Waals surface area contributed by atoms with E-state index in [-0.39, 0.29) is 5.91 Å². The molecule has 1 amide bonds. The summed E-state index contributed by atoms with van der Waals surface area (Å²) in [4.78, 5) is 27.1. The van der Waals surface area contributed by atoms with E-state index in [2.05, 4.69) is 16.0 Å². The first-order valence-corrected chi connectivity index (χ1v) is 13.9. The number of para-hydroxylation sites is 1. The second-order valence-corrected chi connectivity index (χ2v) is 10.3. The Morgan fingerprint density at radius 1 is 0.976 bits per heavy atom. The van der Waals surface area contributed by atoms with Crippen molar-refractivity contribution >= 4 is 22.5 Å². The summed E-state index contributed by atoms with van der Waals surface area (Å²) in [5.74, 6) is 1.16. The summed E-state index contributed by atoms with van der Waals surface area (Å²) < 4.78 is 7.65. The Balaban J connectivity index is 1.30. The Hall–Kier alpha value is -4.69. The summed E-state index contributed by atoms with van der Waals surface area (Å²) in [6.45, 7) is 5.60. The van der Waals surface area contributed by atoms with Crippen LogP contribution in [0.4, 0.5) is 5.69 Å². The van der Waals surface area contributed by atoms with E-state index in [1.165, 1.54) is 0 Å². The van der Waals surface area contributed by atoms with Crippen molar-refractivity contribution in [3.05, 3.63) is 103 Å². The number of imidazole rings is 1. The molecule has 3 heterocycles. The quantitative estimate of drug-likeness (QED) is 0.267. The number of hydrogen-bond donors (Lipinski definition) is 0. The molecule has 6 rings (SSSR count). The molecule has 1 aliphatic heterocycles. The molecule has 2 aromatic heterocycles. The molecular formula is C33H32N5O3. The maximum absolute atomic E-state index is 13.9. The molecule has 0 bridgehead atoms. The Bertz CT molecular complexity index is 1680. The fourth-order valence-corrected chi connectivity index (χ4v) is 5.36. The molecule has 0 aliphatic carbocycles. The smallest absolute Gasteiger partial charge is 0.274 e. The molecule has 5 aromatic rings. The highest BCUT2D eigenvalue weighted by Gasteiger charge is 2.33. The van der Waals surface area contributed by atoms with Crippen LogP contribution in [0.5, 0.6) is 5.75 Å². The third-order valence-electron chi connectivity index (χ3n) is 7.52. The number of aryl methyl sites for hydroxylation is 1. The van der Waals surface area contributed by atoms with Gasteiger partial charge < -0.3 is 14.5 Å². The number of pyridine rings is 1. The van der Waals surface area contributed by atoms with Crippen LogP contribution in [0.15, 0.2) is 91.3 Å². The molecule has 1 aliphatic rings. The monoisotopic (exact) mass is 546 g/mol. The fourth-order valence-electron chi connectivity index (χ4n) is 5.36. The number of piperazine rings is 1. The second-order valence-electron chi connectivity index (χ2n) is 10.3. The summed E-state index contributed by atoms with van der Waals surface area (Å²) in [5, 5.41) is 13.4. The lowest BCUT2D eigenvalue weighted by Crippen LogP contribution is -2.56. The van der Waals surface area contributed by atoms with Crippen LogP contribution in [0.25, 0.3) is 28.0 Å². The molecule has 1 atom stereocenters. The normalized spacial score (nSPS) is 15.3. The number of fused-ring (bicyclic) bond motifs is 1. The SMILES string of the molecule is CCOc1cccc(-n2cc(C(=O)N3CCN(c4cnc5ccccc5c4)C[C@H]3C[O])nc2-c2ccc(C)cc2)c1. The topological polar surface area (TPSA) is 83.4 Å². The first kappa shape index (κ1) is 26.5. The van der Waals surface area contributed by atoms with Crippen LogP contribution in [0.1, 0.15) is 23.0 Å². The number of rotatable bonds is 7. The lowest BCUT2D eigenvalue weighted by molar-refractivity contribution is 0.0463. The molecule has 0 saturated carbocycles. The molecule has 41 heavy (non-hydrogen) atoms. The van der Waals surface area contributed by atoms with E-state index < -0.39 is 12.6 Å². The maximum atomic E-state index is 13.9. The van der Waals surface area contributed by atoms with Crippen LogP contribution in [0.2, 0.25) is 0 Å². The molecular weight excluding hydrogens is 514 g/mol. The summed E-state index contributed by atoms with van der Waals surface area (Å²) >= 11 is 0. The molecule has 1 saturated heterocycles. The molecule has 207 valence electrons. The largest absolute Gasteiger partial charge is 0.494 e. The van der Waals surface area contributed by atoms with Gasteiger partial charge in [0.1, 0.15) is 23.9 Å². The van der Waals surface area contributed by atoms with Gasteiger partial charge in [0.15, 0.2) is 0 Å². The van der Waals surface area contributed by atoms with Gasteiger partial charge in [-0.25, -0.2) is 10.1 Å². The van der Waals surface area contributed by atoms with Crippen LogP contribution in [0.3, 0.4) is 0 Å². The van der Waals surface area contributed by atoms with Crippen molar-refractivity contribution in [2.45, 2.75) is 19.9 Å².